The first-order valence-corrected chi connectivity index (χ1v) is 10.9. The highest BCUT2D eigenvalue weighted by atomic mass is 35.5. The molecule has 0 atom stereocenters. The van der Waals surface area contributed by atoms with Gasteiger partial charge in [-0.25, -0.2) is 8.42 Å². The second-order valence-corrected chi connectivity index (χ2v) is 8.64. The number of nitrogens with one attached hydrogen (secondary N) is 1. The van der Waals surface area contributed by atoms with E-state index in [2.05, 4.69) is 5.32 Å². The maximum atomic E-state index is 12.1. The Morgan fingerprint density at radius 2 is 1.79 bits per heavy atom. The predicted octanol–water partition coefficient (Wildman–Crippen LogP) is 3.31. The van der Waals surface area contributed by atoms with Gasteiger partial charge in [0, 0.05) is 24.8 Å². The number of ether oxygens (including phenoxy) is 3. The molecule has 7 nitrogen and oxygen atoms in total. The molecule has 0 fully saturated rings. The van der Waals surface area contributed by atoms with Crippen molar-refractivity contribution in [2.24, 2.45) is 0 Å². The summed E-state index contributed by atoms with van der Waals surface area (Å²) in [5, 5.41) is 3.13. The van der Waals surface area contributed by atoms with E-state index in [4.69, 9.17) is 25.8 Å². The maximum absolute atomic E-state index is 12.1. The Bertz CT molecular complexity index is 959. The Morgan fingerprint density at radius 1 is 1.14 bits per heavy atom. The molecule has 0 aliphatic carbocycles. The average molecular weight is 426 g/mol. The molecule has 28 heavy (non-hydrogen) atoms. The Labute approximate surface area is 168 Å². The van der Waals surface area contributed by atoms with Crippen molar-refractivity contribution in [1.82, 2.24) is 0 Å². The van der Waals surface area contributed by atoms with Crippen LogP contribution in [0.25, 0.3) is 0 Å². The van der Waals surface area contributed by atoms with E-state index in [-0.39, 0.29) is 17.2 Å². The molecular formula is C19H20ClNO6S. The molecule has 1 aliphatic heterocycles. The van der Waals surface area contributed by atoms with Crippen LogP contribution < -0.4 is 19.5 Å². The van der Waals surface area contributed by atoms with E-state index in [1.54, 1.807) is 24.3 Å². The number of hydrogen-bond acceptors (Lipinski definition) is 6. The lowest BCUT2D eigenvalue weighted by atomic mass is 10.2. The van der Waals surface area contributed by atoms with Crippen LogP contribution in [0.4, 0.5) is 5.69 Å². The molecular weight excluding hydrogens is 406 g/mol. The monoisotopic (exact) mass is 425 g/mol. The van der Waals surface area contributed by atoms with Crippen molar-refractivity contribution in [3.63, 3.8) is 0 Å². The molecule has 0 saturated carbocycles. The number of amides is 1. The number of benzene rings is 2. The molecule has 0 unspecified atom stereocenters. The summed E-state index contributed by atoms with van der Waals surface area (Å²) in [6.45, 7) is 1.23. The van der Waals surface area contributed by atoms with Crippen molar-refractivity contribution < 1.29 is 27.4 Å². The van der Waals surface area contributed by atoms with Crippen LogP contribution in [-0.4, -0.2) is 40.4 Å². The van der Waals surface area contributed by atoms with Crippen molar-refractivity contribution in [1.29, 1.82) is 0 Å². The normalized spacial score (nSPS) is 13.1. The molecule has 2 aromatic rings. The first-order chi connectivity index (χ1) is 13.3. The number of hydrogen-bond donors (Lipinski definition) is 1. The lowest BCUT2D eigenvalue weighted by molar-refractivity contribution is -0.116. The van der Waals surface area contributed by atoms with Crippen molar-refractivity contribution >= 4 is 33.0 Å². The van der Waals surface area contributed by atoms with Gasteiger partial charge in [-0.2, -0.15) is 0 Å². The van der Waals surface area contributed by atoms with Crippen LogP contribution in [0.2, 0.25) is 5.02 Å². The van der Waals surface area contributed by atoms with Gasteiger partial charge >= 0.3 is 0 Å². The van der Waals surface area contributed by atoms with E-state index in [0.717, 1.165) is 6.26 Å². The van der Waals surface area contributed by atoms with Gasteiger partial charge in [-0.1, -0.05) is 11.6 Å². The summed E-state index contributed by atoms with van der Waals surface area (Å²) in [7, 11) is -3.23. The largest absolute Gasteiger partial charge is 0.494 e. The molecule has 0 radical (unpaired) electrons. The summed E-state index contributed by atoms with van der Waals surface area (Å²) < 4.78 is 39.3. The average Bonchev–Trinajstić information content (AvgIpc) is 2.65. The quantitative estimate of drug-likeness (QED) is 0.684. The molecule has 0 bridgehead atoms. The van der Waals surface area contributed by atoms with Gasteiger partial charge in [0.15, 0.2) is 21.3 Å². The molecule has 0 saturated heterocycles. The minimum absolute atomic E-state index is 0.199. The summed E-state index contributed by atoms with van der Waals surface area (Å²) in [5.41, 5.74) is 0.466. The molecule has 0 aromatic heterocycles. The fourth-order valence-electron chi connectivity index (χ4n) is 2.58. The van der Waals surface area contributed by atoms with Gasteiger partial charge in [0.1, 0.15) is 19.0 Å². The highest BCUT2D eigenvalue weighted by Crippen LogP contribution is 2.38. The molecule has 1 N–H and O–H groups in total. The standard InChI is InChI=1S/C19H20ClNO6S/c1-28(23,24)14-6-4-13(5-7-14)25-8-2-3-19(22)21-16-12-18-17(11-15(16)20)26-9-10-27-18/h4-7,11-12H,2-3,8-10H2,1H3,(H,21,22). The van der Waals surface area contributed by atoms with Crippen LogP contribution in [0.15, 0.2) is 41.3 Å². The van der Waals surface area contributed by atoms with E-state index in [9.17, 15) is 13.2 Å². The van der Waals surface area contributed by atoms with Crippen molar-refractivity contribution in [2.75, 3.05) is 31.4 Å². The van der Waals surface area contributed by atoms with E-state index in [1.165, 1.54) is 12.1 Å². The second kappa shape index (κ2) is 8.70. The van der Waals surface area contributed by atoms with Gasteiger partial charge in [0.05, 0.1) is 22.2 Å². The molecule has 1 amide bonds. The first-order valence-electron chi connectivity index (χ1n) is 8.65. The van der Waals surface area contributed by atoms with E-state index in [1.807, 2.05) is 0 Å². The number of fused-ring (bicyclic) bond motifs is 1. The number of rotatable bonds is 7. The Kier molecular flexibility index (Phi) is 6.31. The minimum atomic E-state index is -3.23. The number of anilines is 1. The van der Waals surface area contributed by atoms with Crippen LogP contribution in [0.5, 0.6) is 17.2 Å². The van der Waals surface area contributed by atoms with Crippen molar-refractivity contribution in [3.05, 3.63) is 41.4 Å². The molecule has 150 valence electrons. The third kappa shape index (κ3) is 5.30. The highest BCUT2D eigenvalue weighted by Gasteiger charge is 2.16. The van der Waals surface area contributed by atoms with Gasteiger partial charge in [-0.05, 0) is 30.7 Å². The lowest BCUT2D eigenvalue weighted by Gasteiger charge is -2.20. The van der Waals surface area contributed by atoms with Gasteiger partial charge < -0.3 is 19.5 Å². The Balaban J connectivity index is 1.46. The molecule has 0 spiro atoms. The van der Waals surface area contributed by atoms with Crippen LogP contribution in [0.3, 0.4) is 0 Å². The fraction of sp³-hybridized carbons (Fsp3) is 0.316. The topological polar surface area (TPSA) is 90.9 Å². The van der Waals surface area contributed by atoms with Crippen molar-refractivity contribution in [2.45, 2.75) is 17.7 Å². The van der Waals surface area contributed by atoms with Crippen LogP contribution in [-0.2, 0) is 14.6 Å². The third-order valence-corrected chi connectivity index (χ3v) is 5.42. The Hall–Kier alpha value is -2.45. The zero-order chi connectivity index (χ0) is 20.1. The van der Waals surface area contributed by atoms with Crippen LogP contribution in [0.1, 0.15) is 12.8 Å². The fourth-order valence-corrected chi connectivity index (χ4v) is 3.41. The summed E-state index contributed by atoms with van der Waals surface area (Å²) in [4.78, 5) is 12.4. The van der Waals surface area contributed by atoms with E-state index >= 15 is 0 Å². The molecule has 1 heterocycles. The predicted molar refractivity (Wildman–Crippen MR) is 105 cm³/mol. The number of carbonyl (C=O) groups is 1. The molecule has 2 aromatic carbocycles. The summed E-state index contributed by atoms with van der Waals surface area (Å²) >= 11 is 6.17. The highest BCUT2D eigenvalue weighted by molar-refractivity contribution is 7.90. The third-order valence-electron chi connectivity index (χ3n) is 3.97. The molecule has 3 rings (SSSR count). The van der Waals surface area contributed by atoms with Gasteiger partial charge in [-0.3, -0.25) is 4.79 Å². The molecule has 9 heteroatoms. The zero-order valence-electron chi connectivity index (χ0n) is 15.2. The smallest absolute Gasteiger partial charge is 0.224 e. The zero-order valence-corrected chi connectivity index (χ0v) is 16.8. The van der Waals surface area contributed by atoms with Gasteiger partial charge in [0.2, 0.25) is 5.91 Å². The first kappa shape index (κ1) is 20.3. The summed E-state index contributed by atoms with van der Waals surface area (Å²) in [5.74, 6) is 1.45. The SMILES string of the molecule is CS(=O)(=O)c1ccc(OCCCC(=O)Nc2cc3c(cc2Cl)OCCO3)cc1. The van der Waals surface area contributed by atoms with E-state index < -0.39 is 9.84 Å². The number of sulfone groups is 1. The van der Waals surface area contributed by atoms with Crippen LogP contribution >= 0.6 is 11.6 Å². The van der Waals surface area contributed by atoms with Crippen molar-refractivity contribution in [3.8, 4) is 17.2 Å². The van der Waals surface area contributed by atoms with Gasteiger partial charge in [-0.15, -0.1) is 0 Å². The summed E-state index contributed by atoms with van der Waals surface area (Å²) in [6.07, 6.45) is 1.88. The molecule has 1 aliphatic rings. The number of halogens is 1. The minimum Gasteiger partial charge on any atom is -0.494 e. The number of carbonyl (C=O) groups excluding carboxylic acids is 1. The second-order valence-electron chi connectivity index (χ2n) is 6.22. The van der Waals surface area contributed by atoms with E-state index in [0.29, 0.717) is 54.2 Å². The van der Waals surface area contributed by atoms with Gasteiger partial charge in [0.25, 0.3) is 0 Å². The Morgan fingerprint density at radius 3 is 2.43 bits per heavy atom. The van der Waals surface area contributed by atoms with Crippen LogP contribution in [0, 0.1) is 0 Å². The lowest BCUT2D eigenvalue weighted by Crippen LogP contribution is -2.17. The maximum Gasteiger partial charge on any atom is 0.224 e. The summed E-state index contributed by atoms with van der Waals surface area (Å²) in [6, 6.07) is 9.42.